The average molecular weight is 318 g/mol. The highest BCUT2D eigenvalue weighted by Crippen LogP contribution is 2.26. The topological polar surface area (TPSA) is 38.9 Å². The molecule has 0 spiro atoms. The molecule has 3 aromatic rings. The van der Waals surface area contributed by atoms with E-state index in [1.54, 1.807) is 0 Å². The summed E-state index contributed by atoms with van der Waals surface area (Å²) in [6, 6.07) is 5.93. The van der Waals surface area contributed by atoms with E-state index < -0.39 is 0 Å². The Hall–Kier alpha value is -1.85. The van der Waals surface area contributed by atoms with Crippen LogP contribution in [0.2, 0.25) is 5.02 Å². The fourth-order valence-corrected chi connectivity index (χ4v) is 3.00. The fourth-order valence-electron chi connectivity index (χ4n) is 2.72. The predicted octanol–water partition coefficient (Wildman–Crippen LogP) is 2.86. The van der Waals surface area contributed by atoms with Crippen LogP contribution >= 0.6 is 11.6 Å². The lowest BCUT2D eigenvalue weighted by molar-refractivity contribution is 0.307. The van der Waals surface area contributed by atoms with E-state index in [0.29, 0.717) is 0 Å². The molecule has 6 heteroatoms. The lowest BCUT2D eigenvalue weighted by Gasteiger charge is -2.16. The summed E-state index contributed by atoms with van der Waals surface area (Å²) in [5.41, 5.74) is 2.09. The molecule has 0 aliphatic heterocycles. The van der Waals surface area contributed by atoms with Gasteiger partial charge < -0.3 is 4.57 Å². The van der Waals surface area contributed by atoms with Gasteiger partial charge in [-0.05, 0) is 26.1 Å². The van der Waals surface area contributed by atoms with Crippen LogP contribution in [0.4, 0.5) is 0 Å². The third kappa shape index (κ3) is 2.87. The van der Waals surface area contributed by atoms with Gasteiger partial charge in [0, 0.05) is 44.5 Å². The molecule has 0 unspecified atom stereocenters. The molecule has 5 nitrogen and oxygen atoms in total. The molecule has 22 heavy (non-hydrogen) atoms. The molecule has 3 rings (SSSR count). The Morgan fingerprint density at radius 3 is 2.86 bits per heavy atom. The third-order valence-electron chi connectivity index (χ3n) is 3.97. The maximum atomic E-state index is 6.35. The van der Waals surface area contributed by atoms with Gasteiger partial charge in [0.2, 0.25) is 0 Å². The molecular formula is C16H20ClN5. The van der Waals surface area contributed by atoms with Crippen LogP contribution in [0.5, 0.6) is 0 Å². The van der Waals surface area contributed by atoms with Crippen molar-refractivity contribution < 1.29 is 0 Å². The van der Waals surface area contributed by atoms with Gasteiger partial charge in [0.05, 0.1) is 16.2 Å². The molecule has 0 bridgehead atoms. The Kier molecular flexibility index (Phi) is 4.18. The molecule has 0 amide bonds. The minimum atomic E-state index is 0.763. The molecule has 0 aliphatic rings. The van der Waals surface area contributed by atoms with Crippen molar-refractivity contribution in [1.82, 2.24) is 24.2 Å². The first-order chi connectivity index (χ1) is 10.6. The lowest BCUT2D eigenvalue weighted by atomic mass is 10.2. The van der Waals surface area contributed by atoms with Gasteiger partial charge in [-0.15, -0.1) is 0 Å². The first-order valence-corrected chi connectivity index (χ1v) is 7.70. The van der Waals surface area contributed by atoms with Gasteiger partial charge >= 0.3 is 0 Å². The molecule has 0 saturated carbocycles. The molecule has 0 atom stereocenters. The number of fused-ring (bicyclic) bond motifs is 1. The van der Waals surface area contributed by atoms with E-state index in [1.807, 2.05) is 49.2 Å². The van der Waals surface area contributed by atoms with Crippen LogP contribution in [0.1, 0.15) is 11.5 Å². The number of halogens is 1. The lowest BCUT2D eigenvalue weighted by Crippen LogP contribution is -2.23. The van der Waals surface area contributed by atoms with Gasteiger partial charge in [-0.2, -0.15) is 5.10 Å². The summed E-state index contributed by atoms with van der Waals surface area (Å²) < 4.78 is 4.05. The van der Waals surface area contributed by atoms with Crippen LogP contribution < -0.4 is 0 Å². The Bertz CT molecular complexity index is 789. The highest BCUT2D eigenvalue weighted by molar-refractivity contribution is 6.35. The number of aryl methyl sites for hydroxylation is 2. The number of imidazole rings is 1. The summed E-state index contributed by atoms with van der Waals surface area (Å²) in [6.07, 6.45) is 3.84. The third-order valence-corrected chi connectivity index (χ3v) is 4.28. The van der Waals surface area contributed by atoms with Crippen molar-refractivity contribution in [2.24, 2.45) is 7.05 Å². The van der Waals surface area contributed by atoms with Gasteiger partial charge in [0.15, 0.2) is 0 Å². The fraction of sp³-hybridized carbons (Fsp3) is 0.375. The zero-order valence-electron chi connectivity index (χ0n) is 13.1. The summed E-state index contributed by atoms with van der Waals surface area (Å²) in [5, 5.41) is 6.44. The number of likely N-dealkylation sites (N-methyl/N-ethyl adjacent to an activating group) is 1. The zero-order chi connectivity index (χ0) is 15.7. The molecular weight excluding hydrogens is 298 g/mol. The summed E-state index contributed by atoms with van der Waals surface area (Å²) >= 11 is 6.35. The van der Waals surface area contributed by atoms with Crippen molar-refractivity contribution in [2.75, 3.05) is 13.6 Å². The van der Waals surface area contributed by atoms with E-state index in [4.69, 9.17) is 11.6 Å². The van der Waals surface area contributed by atoms with Gasteiger partial charge in [0.25, 0.3) is 0 Å². The Morgan fingerprint density at radius 1 is 1.32 bits per heavy atom. The number of benzene rings is 1. The quantitative estimate of drug-likeness (QED) is 0.726. The monoisotopic (exact) mass is 317 g/mol. The van der Waals surface area contributed by atoms with Crippen LogP contribution in [-0.2, 0) is 20.1 Å². The standard InChI is InChI=1S/C16H20ClN5/c1-12-18-7-8-22(12)10-9-20(2)11-14-16-13(17)5-4-6-15(16)21(3)19-14/h4-8H,9-11H2,1-3H3. The van der Waals surface area contributed by atoms with Gasteiger partial charge in [-0.3, -0.25) is 9.58 Å². The van der Waals surface area contributed by atoms with Crippen LogP contribution in [0.15, 0.2) is 30.6 Å². The maximum absolute atomic E-state index is 6.35. The van der Waals surface area contributed by atoms with Crippen molar-refractivity contribution in [1.29, 1.82) is 0 Å². The van der Waals surface area contributed by atoms with Crippen LogP contribution in [0.3, 0.4) is 0 Å². The minimum absolute atomic E-state index is 0.763. The van der Waals surface area contributed by atoms with Crippen LogP contribution in [0, 0.1) is 6.92 Å². The zero-order valence-corrected chi connectivity index (χ0v) is 13.9. The largest absolute Gasteiger partial charge is 0.334 e. The van der Waals surface area contributed by atoms with E-state index in [2.05, 4.69) is 26.6 Å². The first kappa shape index (κ1) is 15.1. The average Bonchev–Trinajstić information content (AvgIpc) is 3.02. The predicted molar refractivity (Wildman–Crippen MR) is 89.0 cm³/mol. The maximum Gasteiger partial charge on any atom is 0.105 e. The van der Waals surface area contributed by atoms with E-state index >= 15 is 0 Å². The summed E-state index contributed by atoms with van der Waals surface area (Å²) in [7, 11) is 4.06. The number of rotatable bonds is 5. The van der Waals surface area contributed by atoms with Crippen molar-refractivity contribution >= 4 is 22.5 Å². The smallest absolute Gasteiger partial charge is 0.105 e. The molecule has 0 fully saturated rings. The van der Waals surface area contributed by atoms with Crippen molar-refractivity contribution in [2.45, 2.75) is 20.0 Å². The molecule has 0 N–H and O–H groups in total. The van der Waals surface area contributed by atoms with Crippen molar-refractivity contribution in [3.05, 3.63) is 47.1 Å². The van der Waals surface area contributed by atoms with Gasteiger partial charge in [0.1, 0.15) is 5.82 Å². The molecule has 2 heterocycles. The summed E-state index contributed by atoms with van der Waals surface area (Å²) in [6.45, 7) is 4.64. The van der Waals surface area contributed by atoms with Gasteiger partial charge in [-0.1, -0.05) is 17.7 Å². The van der Waals surface area contributed by atoms with E-state index in [1.165, 1.54) is 0 Å². The van der Waals surface area contributed by atoms with Crippen LogP contribution in [-0.4, -0.2) is 37.8 Å². The molecule has 0 aliphatic carbocycles. The second-order valence-electron chi connectivity index (χ2n) is 5.61. The molecule has 1 aromatic carbocycles. The summed E-state index contributed by atoms with van der Waals surface area (Å²) in [4.78, 5) is 6.50. The molecule has 2 aromatic heterocycles. The first-order valence-electron chi connectivity index (χ1n) is 7.32. The normalized spacial score (nSPS) is 11.7. The number of nitrogens with zero attached hydrogens (tertiary/aromatic N) is 5. The van der Waals surface area contributed by atoms with E-state index in [0.717, 1.165) is 47.1 Å². The Balaban J connectivity index is 1.74. The van der Waals surface area contributed by atoms with E-state index in [-0.39, 0.29) is 0 Å². The number of aromatic nitrogens is 4. The number of hydrogen-bond acceptors (Lipinski definition) is 3. The van der Waals surface area contributed by atoms with E-state index in [9.17, 15) is 0 Å². The molecule has 0 radical (unpaired) electrons. The Morgan fingerprint density at radius 2 is 2.14 bits per heavy atom. The van der Waals surface area contributed by atoms with Crippen molar-refractivity contribution in [3.8, 4) is 0 Å². The molecule has 116 valence electrons. The Labute approximate surface area is 135 Å². The second kappa shape index (κ2) is 6.10. The highest BCUT2D eigenvalue weighted by Gasteiger charge is 2.13. The van der Waals surface area contributed by atoms with Crippen LogP contribution in [0.25, 0.3) is 10.9 Å². The molecule has 0 saturated heterocycles. The SMILES string of the molecule is Cc1nccn1CCN(C)Cc1nn(C)c2cccc(Cl)c12. The second-order valence-corrected chi connectivity index (χ2v) is 6.02. The highest BCUT2D eigenvalue weighted by atomic mass is 35.5. The summed E-state index contributed by atoms with van der Waals surface area (Å²) in [5.74, 6) is 1.04. The minimum Gasteiger partial charge on any atom is -0.334 e. The van der Waals surface area contributed by atoms with Gasteiger partial charge in [-0.25, -0.2) is 4.98 Å². The number of hydrogen-bond donors (Lipinski definition) is 0. The van der Waals surface area contributed by atoms with Crippen molar-refractivity contribution in [3.63, 3.8) is 0 Å².